The quantitative estimate of drug-likeness (QED) is 0.203. The molecular formula is C33H35Cl7NO3STa. The molecule has 0 atom stereocenters. The molecule has 0 fully saturated rings. The molecule has 0 saturated carbocycles. The molecule has 0 bridgehead atoms. The van der Waals surface area contributed by atoms with Crippen molar-refractivity contribution in [1.82, 2.24) is 0 Å². The van der Waals surface area contributed by atoms with E-state index in [4.69, 9.17) is 46.4 Å². The zero-order valence-corrected chi connectivity index (χ0v) is 35.8. The van der Waals surface area contributed by atoms with Gasteiger partial charge in [-0.15, -0.1) is 0 Å². The number of nitrogens with one attached hydrogen (secondary N) is 1. The predicted octanol–water partition coefficient (Wildman–Crippen LogP) is 5.98. The van der Waals surface area contributed by atoms with Gasteiger partial charge >= 0.3 is 22.4 Å². The molecule has 0 aliphatic carbocycles. The zero-order valence-electron chi connectivity index (χ0n) is 26.4. The Morgan fingerprint density at radius 3 is 1.43 bits per heavy atom. The van der Waals surface area contributed by atoms with Crippen molar-refractivity contribution in [3.63, 3.8) is 0 Å². The van der Waals surface area contributed by atoms with E-state index in [1.54, 1.807) is 0 Å². The average molecular weight is 955 g/mol. The van der Waals surface area contributed by atoms with E-state index >= 15 is 0 Å². The van der Waals surface area contributed by atoms with Crippen LogP contribution in [0.5, 0.6) is 11.5 Å². The van der Waals surface area contributed by atoms with Crippen molar-refractivity contribution in [2.24, 2.45) is 0 Å². The largest absolute Gasteiger partial charge is 5.00 e. The van der Waals surface area contributed by atoms with Crippen LogP contribution in [0.15, 0.2) is 52.3 Å². The summed E-state index contributed by atoms with van der Waals surface area (Å²) in [7, 11) is 0. The summed E-state index contributed by atoms with van der Waals surface area (Å²) in [4.78, 5) is 3.58. The molecule has 13 heteroatoms. The fourth-order valence-corrected chi connectivity index (χ4v) is 6.13. The Morgan fingerprint density at radius 1 is 0.804 bits per heavy atom. The van der Waals surface area contributed by atoms with Gasteiger partial charge in [-0.05, 0) is 24.3 Å². The van der Waals surface area contributed by atoms with Crippen molar-refractivity contribution in [3.8, 4) is 11.5 Å². The first-order chi connectivity index (χ1) is 20.1. The Labute approximate surface area is 329 Å². The van der Waals surface area contributed by atoms with Crippen LogP contribution < -0.4 is 27.6 Å². The zero-order chi connectivity index (χ0) is 33.0. The second-order valence-electron chi connectivity index (χ2n) is 9.39. The number of hydrogen-bond donors (Lipinski definition) is 1. The van der Waals surface area contributed by atoms with Gasteiger partial charge in [-0.2, -0.15) is 27.8 Å². The van der Waals surface area contributed by atoms with Gasteiger partial charge in [-0.3, -0.25) is 11.6 Å². The van der Waals surface area contributed by atoms with Gasteiger partial charge in [0.1, 0.15) is 0 Å². The van der Waals surface area contributed by atoms with Gasteiger partial charge in [0.25, 0.3) is 0 Å². The third kappa shape index (κ3) is 14.9. The van der Waals surface area contributed by atoms with E-state index in [0.29, 0.717) is 10.0 Å². The van der Waals surface area contributed by atoms with E-state index in [1.165, 1.54) is 68.9 Å². The maximum absolute atomic E-state index is 11.8. The van der Waals surface area contributed by atoms with Crippen LogP contribution in [0.25, 0.3) is 0 Å². The molecule has 0 aromatic heterocycles. The van der Waals surface area contributed by atoms with Crippen molar-refractivity contribution >= 4 is 81.7 Å². The first-order valence-corrected chi connectivity index (χ1v) is 16.1. The molecule has 4 aromatic rings. The summed E-state index contributed by atoms with van der Waals surface area (Å²) in [6.45, 7) is 17.0. The molecule has 2 N–H and O–H groups in total. The van der Waals surface area contributed by atoms with Gasteiger partial charge in [-0.1, -0.05) is 166 Å². The van der Waals surface area contributed by atoms with Crippen LogP contribution in [0, 0.1) is 65.4 Å². The number of para-hydroxylation sites is 1. The molecule has 0 spiro atoms. The van der Waals surface area contributed by atoms with E-state index in [-0.39, 0.29) is 60.1 Å². The molecular weight excluding hydrogens is 920 g/mol. The minimum atomic E-state index is -0.397. The van der Waals surface area contributed by atoms with Crippen molar-refractivity contribution in [2.45, 2.75) is 65.2 Å². The van der Waals surface area contributed by atoms with Crippen LogP contribution in [0.4, 0.5) is 5.69 Å². The van der Waals surface area contributed by atoms with Crippen LogP contribution in [-0.2, 0) is 22.4 Å². The SMILES string of the molecule is C[C-]=[NH+]c1c(C)cccc1C.Cc1c(C)c(C)[c-](C)c1C.Cl[CH-][ClH+].[Cl-].[O-]c1c(Cl)cc(Cl)cc1Sc1cc(Cl)cc(Cl)c1[O-].[OH-].[Ta+5]. The second kappa shape index (κ2) is 24.5. The fourth-order valence-electron chi connectivity index (χ4n) is 3.89. The van der Waals surface area contributed by atoms with E-state index in [2.05, 4.69) is 101 Å². The van der Waals surface area contributed by atoms with Crippen molar-refractivity contribution in [1.29, 1.82) is 0 Å². The summed E-state index contributed by atoms with van der Waals surface area (Å²) in [5, 5.41) is 25.3. The van der Waals surface area contributed by atoms with Gasteiger partial charge in [0, 0.05) is 41.4 Å². The molecule has 0 heterocycles. The minimum absolute atomic E-state index is 0. The van der Waals surface area contributed by atoms with Crippen molar-refractivity contribution < 1.29 is 67.1 Å². The van der Waals surface area contributed by atoms with E-state index in [9.17, 15) is 10.2 Å². The van der Waals surface area contributed by atoms with Gasteiger partial charge in [0.15, 0.2) is 0 Å². The fraction of sp³-hybridized carbons (Fsp3) is 0.242. The maximum atomic E-state index is 11.8. The molecule has 46 heavy (non-hydrogen) atoms. The maximum Gasteiger partial charge on any atom is 5.00 e. The molecule has 0 aliphatic heterocycles. The number of rotatable bonds is 3. The molecule has 4 nitrogen and oxygen atoms in total. The van der Waals surface area contributed by atoms with Crippen molar-refractivity contribution in [2.75, 3.05) is 0 Å². The summed E-state index contributed by atoms with van der Waals surface area (Å²) >= 11 is 32.8. The van der Waals surface area contributed by atoms with Gasteiger partial charge < -0.3 is 33.1 Å². The van der Waals surface area contributed by atoms with Crippen LogP contribution >= 0.6 is 69.8 Å². The number of hydrogen-bond acceptors (Lipinski definition) is 4. The molecule has 0 amide bonds. The molecule has 0 aliphatic rings. The third-order valence-electron chi connectivity index (χ3n) is 6.71. The first-order valence-electron chi connectivity index (χ1n) is 12.8. The number of benzene rings is 3. The summed E-state index contributed by atoms with van der Waals surface area (Å²) in [5.41, 5.74) is 11.0. The van der Waals surface area contributed by atoms with E-state index in [0.717, 1.165) is 17.1 Å². The monoisotopic (exact) mass is 951 g/mol. The predicted molar refractivity (Wildman–Crippen MR) is 182 cm³/mol. The summed E-state index contributed by atoms with van der Waals surface area (Å²) in [6.07, 6.45) is 2.92. The van der Waals surface area contributed by atoms with Crippen LogP contribution in [0.3, 0.4) is 0 Å². The molecule has 250 valence electrons. The Balaban J connectivity index is -0.000000593. The van der Waals surface area contributed by atoms with E-state index in [1.807, 2.05) is 6.92 Å². The number of halogens is 7. The molecule has 0 saturated heterocycles. The average Bonchev–Trinajstić information content (AvgIpc) is 3.10. The molecule has 4 aromatic carbocycles. The number of aryl methyl sites for hydroxylation is 2. The smallest absolute Gasteiger partial charge is 1.00 e. The minimum Gasteiger partial charge on any atom is -1.00 e. The standard InChI is InChI=1S/C12H6Cl4O2S.C10H13N.C10H15.CH2Cl2.ClH.H2O.Ta/c13-5-1-7(15)11(17)9(3-5)19-10-4-6(14)2-8(16)12(10)18;1-4-11-10-8(2)6-5-7-9(10)3;1-6-7(2)9(4)10(5)8(6)3;2-1-3;;;/h1-4,17-18H;5-7,11H,1-3H3;1-5H3;1-2H;1H;1H2;/q;;-1;;;;+5/p-4. The topological polar surface area (TPSA) is 90.1 Å². The van der Waals surface area contributed by atoms with Gasteiger partial charge in [0.2, 0.25) is 0 Å². The second-order valence-corrected chi connectivity index (χ2v) is 12.9. The van der Waals surface area contributed by atoms with Gasteiger partial charge in [-0.25, -0.2) is 0 Å². The Bertz CT molecular complexity index is 1410. The van der Waals surface area contributed by atoms with Crippen LogP contribution in [0.2, 0.25) is 20.1 Å². The van der Waals surface area contributed by atoms with Gasteiger partial charge in [0.05, 0.1) is 5.69 Å². The van der Waals surface area contributed by atoms with Crippen LogP contribution in [-0.4, -0.2) is 11.7 Å². The summed E-state index contributed by atoms with van der Waals surface area (Å²) in [6, 6.07) is 11.8. The Hall–Kier alpha value is -0.640. The molecule has 4 rings (SSSR count). The molecule has 0 radical (unpaired) electrons. The third-order valence-corrected chi connectivity index (χ3v) is 8.76. The normalized spacial score (nSPS) is 9.70. The van der Waals surface area contributed by atoms with E-state index < -0.39 is 11.5 Å². The Morgan fingerprint density at radius 2 is 1.15 bits per heavy atom. The Kier molecular flexibility index (Phi) is 26.5. The summed E-state index contributed by atoms with van der Waals surface area (Å²) < 4.78 is 0. The summed E-state index contributed by atoms with van der Waals surface area (Å²) in [5.74, 6) is -0.793. The molecule has 0 unspecified atom stereocenters. The van der Waals surface area contributed by atoms with Crippen molar-refractivity contribution in [3.05, 3.63) is 107 Å². The first kappa shape index (κ1) is 49.7. The van der Waals surface area contributed by atoms with Crippen LogP contribution in [0.1, 0.15) is 45.9 Å².